The van der Waals surface area contributed by atoms with Crippen molar-refractivity contribution in [2.45, 2.75) is 71.5 Å². The minimum absolute atomic E-state index is 0.00469. The molecule has 0 aromatic rings. The van der Waals surface area contributed by atoms with Gasteiger partial charge < -0.3 is 20.4 Å². The third-order valence-corrected chi connectivity index (χ3v) is 7.76. The fourth-order valence-corrected chi connectivity index (χ4v) is 6.46. The van der Waals surface area contributed by atoms with E-state index in [0.29, 0.717) is 18.3 Å². The van der Waals surface area contributed by atoms with Crippen LogP contribution in [-0.4, -0.2) is 45.8 Å². The lowest BCUT2D eigenvalue weighted by Gasteiger charge is -2.61. The van der Waals surface area contributed by atoms with Crippen molar-refractivity contribution in [3.05, 3.63) is 11.6 Å². The lowest BCUT2D eigenvalue weighted by atomic mass is 9.44. The summed E-state index contributed by atoms with van der Waals surface area (Å²) in [5.41, 5.74) is 0.843. The lowest BCUT2D eigenvalue weighted by molar-refractivity contribution is -0.134. The second-order valence-corrected chi connectivity index (χ2v) is 9.49. The Labute approximate surface area is 145 Å². The summed E-state index contributed by atoms with van der Waals surface area (Å²) >= 11 is 0. The molecule has 4 nitrogen and oxygen atoms in total. The van der Waals surface area contributed by atoms with E-state index in [1.54, 1.807) is 0 Å². The molecule has 3 aliphatic rings. The van der Waals surface area contributed by atoms with E-state index in [2.05, 4.69) is 19.9 Å². The van der Waals surface area contributed by atoms with Gasteiger partial charge in [-0.2, -0.15) is 0 Å². The van der Waals surface area contributed by atoms with Gasteiger partial charge in [0.2, 0.25) is 0 Å². The molecule has 0 aromatic carbocycles. The summed E-state index contributed by atoms with van der Waals surface area (Å²) in [5.74, 6) is 0.837. The SMILES string of the molecule is C[C@]1(CO)C[C@H](O)C[C@]2(C)[C@H]3CC[C@@](C)([C@@H](O)CO)C=C3CC[C@@H]12. The Kier molecular flexibility index (Phi) is 4.66. The molecular weight excluding hydrogens is 304 g/mol. The fourth-order valence-electron chi connectivity index (χ4n) is 6.46. The maximum absolute atomic E-state index is 10.5. The van der Waals surface area contributed by atoms with Crippen molar-refractivity contribution in [1.82, 2.24) is 0 Å². The third-order valence-electron chi connectivity index (χ3n) is 7.76. The highest BCUT2D eigenvalue weighted by molar-refractivity contribution is 5.25. The molecule has 0 saturated heterocycles. The highest BCUT2D eigenvalue weighted by Crippen LogP contribution is 2.63. The molecule has 3 rings (SSSR count). The van der Waals surface area contributed by atoms with Crippen LogP contribution in [0.4, 0.5) is 0 Å². The van der Waals surface area contributed by atoms with Crippen molar-refractivity contribution in [3.8, 4) is 0 Å². The van der Waals surface area contributed by atoms with Crippen molar-refractivity contribution in [1.29, 1.82) is 0 Å². The maximum Gasteiger partial charge on any atom is 0.0858 e. The van der Waals surface area contributed by atoms with Crippen molar-refractivity contribution >= 4 is 0 Å². The van der Waals surface area contributed by atoms with E-state index >= 15 is 0 Å². The molecule has 0 unspecified atom stereocenters. The van der Waals surface area contributed by atoms with Crippen LogP contribution in [0.25, 0.3) is 0 Å². The molecule has 0 radical (unpaired) electrons. The van der Waals surface area contributed by atoms with Crippen molar-refractivity contribution in [3.63, 3.8) is 0 Å². The Bertz CT molecular complexity index is 518. The molecule has 4 heteroatoms. The average Bonchev–Trinajstić information content (AvgIpc) is 2.52. The smallest absolute Gasteiger partial charge is 0.0858 e. The molecule has 0 spiro atoms. The first kappa shape index (κ1) is 18.4. The van der Waals surface area contributed by atoms with Crippen LogP contribution >= 0.6 is 0 Å². The van der Waals surface area contributed by atoms with E-state index in [4.69, 9.17) is 0 Å². The molecule has 3 aliphatic carbocycles. The normalized spacial score (nSPS) is 49.8. The summed E-state index contributed by atoms with van der Waals surface area (Å²) in [6.45, 7) is 6.41. The Morgan fingerprint density at radius 3 is 2.50 bits per heavy atom. The van der Waals surface area contributed by atoms with E-state index in [9.17, 15) is 20.4 Å². The van der Waals surface area contributed by atoms with Gasteiger partial charge in [-0.1, -0.05) is 32.4 Å². The highest BCUT2D eigenvalue weighted by atomic mass is 16.3. The van der Waals surface area contributed by atoms with Gasteiger partial charge in [-0.05, 0) is 61.2 Å². The molecule has 0 bridgehead atoms. The minimum Gasteiger partial charge on any atom is -0.396 e. The molecule has 7 atom stereocenters. The maximum atomic E-state index is 10.5. The quantitative estimate of drug-likeness (QED) is 0.595. The molecule has 24 heavy (non-hydrogen) atoms. The van der Waals surface area contributed by atoms with Crippen LogP contribution in [0.3, 0.4) is 0 Å². The first-order chi connectivity index (χ1) is 11.2. The molecule has 0 heterocycles. The molecule has 0 aromatic heterocycles. The van der Waals surface area contributed by atoms with Crippen molar-refractivity contribution in [2.75, 3.05) is 13.2 Å². The fraction of sp³-hybridized carbons (Fsp3) is 0.900. The van der Waals surface area contributed by atoms with Crippen LogP contribution in [0.2, 0.25) is 0 Å². The molecule has 2 saturated carbocycles. The Hall–Kier alpha value is -0.420. The summed E-state index contributed by atoms with van der Waals surface area (Å²) in [7, 11) is 0. The lowest BCUT2D eigenvalue weighted by Crippen LogP contribution is -2.56. The zero-order valence-electron chi connectivity index (χ0n) is 15.3. The van der Waals surface area contributed by atoms with E-state index in [-0.39, 0.29) is 35.6 Å². The number of rotatable bonds is 3. The van der Waals surface area contributed by atoms with Crippen LogP contribution in [0.5, 0.6) is 0 Å². The van der Waals surface area contributed by atoms with Crippen molar-refractivity contribution < 1.29 is 20.4 Å². The van der Waals surface area contributed by atoms with Crippen LogP contribution in [0, 0.1) is 28.1 Å². The van der Waals surface area contributed by atoms with E-state index in [0.717, 1.165) is 32.1 Å². The Morgan fingerprint density at radius 1 is 1.17 bits per heavy atom. The van der Waals surface area contributed by atoms with Gasteiger partial charge in [0.1, 0.15) is 0 Å². The number of allylic oxidation sites excluding steroid dienone is 1. The molecule has 4 N–H and O–H groups in total. The van der Waals surface area contributed by atoms with E-state index in [1.165, 1.54) is 5.57 Å². The van der Waals surface area contributed by atoms with Crippen LogP contribution < -0.4 is 0 Å². The Balaban J connectivity index is 1.95. The predicted molar refractivity (Wildman–Crippen MR) is 93.3 cm³/mol. The average molecular weight is 338 g/mol. The number of hydrogen-bond acceptors (Lipinski definition) is 4. The topological polar surface area (TPSA) is 80.9 Å². The molecule has 0 aliphatic heterocycles. The van der Waals surface area contributed by atoms with Crippen LogP contribution in [-0.2, 0) is 0 Å². The third kappa shape index (κ3) is 2.66. The summed E-state index contributed by atoms with van der Waals surface area (Å²) in [6, 6.07) is 0. The Morgan fingerprint density at radius 2 is 1.88 bits per heavy atom. The first-order valence-electron chi connectivity index (χ1n) is 9.48. The summed E-state index contributed by atoms with van der Waals surface area (Å²) < 4.78 is 0. The highest BCUT2D eigenvalue weighted by Gasteiger charge is 2.57. The van der Waals surface area contributed by atoms with E-state index < -0.39 is 6.10 Å². The van der Waals surface area contributed by atoms with Crippen LogP contribution in [0.1, 0.15) is 59.3 Å². The van der Waals surface area contributed by atoms with Gasteiger partial charge in [-0.25, -0.2) is 0 Å². The van der Waals surface area contributed by atoms with Gasteiger partial charge >= 0.3 is 0 Å². The monoisotopic (exact) mass is 338 g/mol. The number of hydrogen-bond donors (Lipinski definition) is 4. The summed E-state index contributed by atoms with van der Waals surface area (Å²) in [5, 5.41) is 40.1. The van der Waals surface area contributed by atoms with Gasteiger partial charge in [0, 0.05) is 12.0 Å². The molecule has 138 valence electrons. The van der Waals surface area contributed by atoms with Gasteiger partial charge in [-0.15, -0.1) is 0 Å². The minimum atomic E-state index is -0.712. The molecular formula is C20H34O4. The number of aliphatic hydroxyl groups excluding tert-OH is 4. The summed E-state index contributed by atoms with van der Waals surface area (Å²) in [6.07, 6.45) is 6.54. The predicted octanol–water partition coefficient (Wildman–Crippen LogP) is 2.25. The first-order valence-corrected chi connectivity index (χ1v) is 9.48. The second-order valence-electron chi connectivity index (χ2n) is 9.49. The van der Waals surface area contributed by atoms with Gasteiger partial charge in [0.25, 0.3) is 0 Å². The zero-order chi connectivity index (χ0) is 17.8. The van der Waals surface area contributed by atoms with Gasteiger partial charge in [0.05, 0.1) is 18.8 Å². The molecule has 2 fully saturated rings. The van der Waals surface area contributed by atoms with Gasteiger partial charge in [0.15, 0.2) is 0 Å². The van der Waals surface area contributed by atoms with Crippen LogP contribution in [0.15, 0.2) is 11.6 Å². The van der Waals surface area contributed by atoms with Crippen molar-refractivity contribution in [2.24, 2.45) is 28.1 Å². The van der Waals surface area contributed by atoms with E-state index in [1.807, 2.05) is 6.92 Å². The number of aliphatic hydroxyl groups is 4. The van der Waals surface area contributed by atoms with Gasteiger partial charge in [-0.3, -0.25) is 0 Å². The standard InChI is InChI=1S/C20H34O4/c1-18(17(24)11-21)7-6-15-13(8-18)4-5-16-19(2,12-22)9-14(23)10-20(15,16)3/h8,14-17,21-24H,4-7,9-12H2,1-3H3/t14-,15-,16-,17-,18+,19+,20+/m0/s1. The largest absolute Gasteiger partial charge is 0.396 e. The number of fused-ring (bicyclic) bond motifs is 3. The summed E-state index contributed by atoms with van der Waals surface area (Å²) in [4.78, 5) is 0. The second kappa shape index (κ2) is 6.08. The zero-order valence-corrected chi connectivity index (χ0v) is 15.3. The molecule has 0 amide bonds.